The fraction of sp³-hybridized carbons (Fsp3) is 0.267. The predicted molar refractivity (Wildman–Crippen MR) is 74.3 cm³/mol. The lowest BCUT2D eigenvalue weighted by Gasteiger charge is -2.11. The van der Waals surface area contributed by atoms with Gasteiger partial charge in [-0.1, -0.05) is 12.1 Å². The molecule has 0 aliphatic heterocycles. The van der Waals surface area contributed by atoms with Gasteiger partial charge in [-0.05, 0) is 17.7 Å². The number of methoxy groups -OCH3 is 2. The number of ether oxygens (including phenoxy) is 2. The summed E-state index contributed by atoms with van der Waals surface area (Å²) in [5.74, 6) is 1.63. The maximum atomic E-state index is 5.36. The second-order valence-electron chi connectivity index (χ2n) is 4.14. The van der Waals surface area contributed by atoms with Gasteiger partial charge >= 0.3 is 0 Å². The topological polar surface area (TPSA) is 43.4 Å². The van der Waals surface area contributed by atoms with Gasteiger partial charge < -0.3 is 14.8 Å². The highest BCUT2D eigenvalue weighted by molar-refractivity contribution is 5.40. The second kappa shape index (κ2) is 6.75. The first-order chi connectivity index (χ1) is 9.33. The Bertz CT molecular complexity index is 515. The normalized spacial score (nSPS) is 10.2. The van der Waals surface area contributed by atoms with E-state index in [1.54, 1.807) is 20.4 Å². The van der Waals surface area contributed by atoms with Crippen LogP contribution in [-0.4, -0.2) is 19.2 Å². The summed E-state index contributed by atoms with van der Waals surface area (Å²) in [6.07, 6.45) is 3.63. The summed E-state index contributed by atoms with van der Waals surface area (Å²) < 4.78 is 10.5. The first kappa shape index (κ1) is 13.4. The molecular formula is C15H18N2O2. The number of rotatable bonds is 6. The molecule has 19 heavy (non-hydrogen) atoms. The fourth-order valence-corrected chi connectivity index (χ4v) is 1.84. The van der Waals surface area contributed by atoms with Gasteiger partial charge in [-0.25, -0.2) is 0 Å². The molecule has 4 heteroatoms. The van der Waals surface area contributed by atoms with Gasteiger partial charge in [0.15, 0.2) is 0 Å². The third kappa shape index (κ3) is 3.69. The fourth-order valence-electron chi connectivity index (χ4n) is 1.84. The zero-order valence-corrected chi connectivity index (χ0v) is 11.2. The van der Waals surface area contributed by atoms with Crippen LogP contribution in [0.5, 0.6) is 11.5 Å². The predicted octanol–water partition coefficient (Wildman–Crippen LogP) is 2.39. The Labute approximate surface area is 113 Å². The van der Waals surface area contributed by atoms with Crippen molar-refractivity contribution in [2.24, 2.45) is 0 Å². The molecule has 0 bridgehead atoms. The number of benzene rings is 1. The van der Waals surface area contributed by atoms with Gasteiger partial charge in [0.25, 0.3) is 0 Å². The molecule has 0 saturated carbocycles. The molecule has 0 unspecified atom stereocenters. The van der Waals surface area contributed by atoms with E-state index in [1.165, 1.54) is 0 Å². The van der Waals surface area contributed by atoms with Crippen LogP contribution < -0.4 is 14.8 Å². The van der Waals surface area contributed by atoms with E-state index in [2.05, 4.69) is 10.3 Å². The molecule has 2 aromatic rings. The van der Waals surface area contributed by atoms with E-state index in [0.717, 1.165) is 35.7 Å². The van der Waals surface area contributed by atoms with Crippen molar-refractivity contribution in [2.75, 3.05) is 14.2 Å². The van der Waals surface area contributed by atoms with Gasteiger partial charge in [-0.15, -0.1) is 0 Å². The quantitative estimate of drug-likeness (QED) is 0.864. The van der Waals surface area contributed by atoms with Crippen LogP contribution in [0.25, 0.3) is 0 Å². The standard InChI is InChI=1S/C15H18N2O2/c1-18-14-6-5-13(15(8-14)19-2)11-17-10-12-4-3-7-16-9-12/h3-9,17H,10-11H2,1-2H3. The third-order valence-corrected chi connectivity index (χ3v) is 2.86. The first-order valence-electron chi connectivity index (χ1n) is 6.14. The molecule has 0 saturated heterocycles. The van der Waals surface area contributed by atoms with E-state index in [0.29, 0.717) is 0 Å². The number of pyridine rings is 1. The highest BCUT2D eigenvalue weighted by atomic mass is 16.5. The van der Waals surface area contributed by atoms with Crippen LogP contribution >= 0.6 is 0 Å². The van der Waals surface area contributed by atoms with Crippen molar-refractivity contribution in [1.29, 1.82) is 0 Å². The Morgan fingerprint density at radius 2 is 2.00 bits per heavy atom. The lowest BCUT2D eigenvalue weighted by atomic mass is 10.2. The van der Waals surface area contributed by atoms with Crippen molar-refractivity contribution in [3.63, 3.8) is 0 Å². The van der Waals surface area contributed by atoms with Crippen LogP contribution in [-0.2, 0) is 13.1 Å². The number of hydrogen-bond donors (Lipinski definition) is 1. The molecule has 0 radical (unpaired) electrons. The number of hydrogen-bond acceptors (Lipinski definition) is 4. The summed E-state index contributed by atoms with van der Waals surface area (Å²) in [5, 5.41) is 3.37. The molecule has 0 amide bonds. The highest BCUT2D eigenvalue weighted by Crippen LogP contribution is 2.24. The average Bonchev–Trinajstić information content (AvgIpc) is 2.48. The maximum Gasteiger partial charge on any atom is 0.127 e. The van der Waals surface area contributed by atoms with Crippen molar-refractivity contribution in [3.8, 4) is 11.5 Å². The van der Waals surface area contributed by atoms with Gasteiger partial charge in [0.2, 0.25) is 0 Å². The lowest BCUT2D eigenvalue weighted by molar-refractivity contribution is 0.390. The molecule has 0 spiro atoms. The molecule has 1 aromatic carbocycles. The third-order valence-electron chi connectivity index (χ3n) is 2.86. The Hall–Kier alpha value is -2.07. The Balaban J connectivity index is 1.96. The van der Waals surface area contributed by atoms with Crippen molar-refractivity contribution in [1.82, 2.24) is 10.3 Å². The second-order valence-corrected chi connectivity index (χ2v) is 4.14. The summed E-state index contributed by atoms with van der Waals surface area (Å²) in [4.78, 5) is 4.09. The monoisotopic (exact) mass is 258 g/mol. The molecule has 0 fully saturated rings. The number of nitrogens with one attached hydrogen (secondary N) is 1. The largest absolute Gasteiger partial charge is 0.497 e. The molecule has 0 atom stereocenters. The number of nitrogens with zero attached hydrogens (tertiary/aromatic N) is 1. The molecule has 1 aromatic heterocycles. The van der Waals surface area contributed by atoms with Gasteiger partial charge in [0, 0.05) is 37.1 Å². The zero-order valence-electron chi connectivity index (χ0n) is 11.2. The molecule has 1 N–H and O–H groups in total. The molecule has 1 heterocycles. The molecule has 0 aliphatic rings. The van der Waals surface area contributed by atoms with Crippen LogP contribution in [0.4, 0.5) is 0 Å². The lowest BCUT2D eigenvalue weighted by Crippen LogP contribution is -2.13. The van der Waals surface area contributed by atoms with E-state index in [-0.39, 0.29) is 0 Å². The van der Waals surface area contributed by atoms with Crippen LogP contribution in [0.1, 0.15) is 11.1 Å². The van der Waals surface area contributed by atoms with Gasteiger partial charge in [-0.3, -0.25) is 4.98 Å². The van der Waals surface area contributed by atoms with Gasteiger partial charge in [0.05, 0.1) is 14.2 Å². The van der Waals surface area contributed by atoms with Crippen molar-refractivity contribution in [3.05, 3.63) is 53.9 Å². The van der Waals surface area contributed by atoms with E-state index in [9.17, 15) is 0 Å². The summed E-state index contributed by atoms with van der Waals surface area (Å²) in [5.41, 5.74) is 2.27. The summed E-state index contributed by atoms with van der Waals surface area (Å²) in [6.45, 7) is 1.52. The van der Waals surface area contributed by atoms with Crippen molar-refractivity contribution in [2.45, 2.75) is 13.1 Å². The zero-order chi connectivity index (χ0) is 13.5. The summed E-state index contributed by atoms with van der Waals surface area (Å²) in [7, 11) is 3.31. The smallest absolute Gasteiger partial charge is 0.127 e. The molecule has 0 aliphatic carbocycles. The minimum atomic E-state index is 0.738. The number of aromatic nitrogens is 1. The Morgan fingerprint density at radius 3 is 2.68 bits per heavy atom. The van der Waals surface area contributed by atoms with E-state index >= 15 is 0 Å². The maximum absolute atomic E-state index is 5.36. The molecule has 100 valence electrons. The van der Waals surface area contributed by atoms with E-state index in [1.807, 2.05) is 36.5 Å². The van der Waals surface area contributed by atoms with Crippen molar-refractivity contribution >= 4 is 0 Å². The van der Waals surface area contributed by atoms with Crippen LogP contribution in [0, 0.1) is 0 Å². The molecule has 2 rings (SSSR count). The summed E-state index contributed by atoms with van der Waals surface area (Å²) >= 11 is 0. The van der Waals surface area contributed by atoms with E-state index < -0.39 is 0 Å². The van der Waals surface area contributed by atoms with Crippen LogP contribution in [0.3, 0.4) is 0 Å². The first-order valence-corrected chi connectivity index (χ1v) is 6.14. The molecular weight excluding hydrogens is 240 g/mol. The summed E-state index contributed by atoms with van der Waals surface area (Å²) in [6, 6.07) is 9.81. The minimum Gasteiger partial charge on any atom is -0.497 e. The van der Waals surface area contributed by atoms with Crippen LogP contribution in [0.2, 0.25) is 0 Å². The van der Waals surface area contributed by atoms with Gasteiger partial charge in [-0.2, -0.15) is 0 Å². The highest BCUT2D eigenvalue weighted by Gasteiger charge is 2.04. The van der Waals surface area contributed by atoms with E-state index in [4.69, 9.17) is 9.47 Å². The SMILES string of the molecule is COc1ccc(CNCc2cccnc2)c(OC)c1. The van der Waals surface area contributed by atoms with Crippen molar-refractivity contribution < 1.29 is 9.47 Å². The Morgan fingerprint density at radius 1 is 1.11 bits per heavy atom. The van der Waals surface area contributed by atoms with Gasteiger partial charge in [0.1, 0.15) is 11.5 Å². The van der Waals surface area contributed by atoms with Crippen LogP contribution in [0.15, 0.2) is 42.7 Å². The molecule has 4 nitrogen and oxygen atoms in total. The minimum absolute atomic E-state index is 0.738. The average molecular weight is 258 g/mol. The Kier molecular flexibility index (Phi) is 4.75.